The van der Waals surface area contributed by atoms with Gasteiger partial charge in [0.15, 0.2) is 17.2 Å². The van der Waals surface area contributed by atoms with Crippen LogP contribution in [0.1, 0.15) is 47.1 Å². The van der Waals surface area contributed by atoms with Crippen LogP contribution in [0.15, 0.2) is 66.7 Å². The molecule has 0 radical (unpaired) electrons. The smallest absolute Gasteiger partial charge is 0.234 e. The summed E-state index contributed by atoms with van der Waals surface area (Å²) in [6.07, 6.45) is 0. The van der Waals surface area contributed by atoms with E-state index in [0.717, 1.165) is 22.5 Å². The van der Waals surface area contributed by atoms with Crippen LogP contribution in [-0.4, -0.2) is 4.98 Å². The van der Waals surface area contributed by atoms with Crippen LogP contribution < -0.4 is 4.57 Å². The minimum atomic E-state index is -0.896. The van der Waals surface area contributed by atoms with Gasteiger partial charge in [-0.25, -0.2) is 13.8 Å². The first-order valence-corrected chi connectivity index (χ1v) is 10.9. The second-order valence-corrected chi connectivity index (χ2v) is 10.2. The first kappa shape index (κ1) is 22.1. The predicted molar refractivity (Wildman–Crippen MR) is 126 cm³/mol. The number of aromatic nitrogens is 2. The summed E-state index contributed by atoms with van der Waals surface area (Å²) in [5, 5.41) is 0. The Morgan fingerprint density at radius 2 is 1.34 bits per heavy atom. The lowest BCUT2D eigenvalue weighted by Gasteiger charge is -2.26. The van der Waals surface area contributed by atoms with Crippen molar-refractivity contribution in [2.24, 2.45) is 0 Å². The van der Waals surface area contributed by atoms with E-state index in [1.165, 1.54) is 17.7 Å². The van der Waals surface area contributed by atoms with Gasteiger partial charge in [0.1, 0.15) is 11.2 Å². The normalized spacial score (nSPS) is 12.4. The molecule has 164 valence electrons. The van der Waals surface area contributed by atoms with Crippen molar-refractivity contribution >= 4 is 11.0 Å². The Labute approximate surface area is 188 Å². The Hall–Kier alpha value is -3.14. The predicted octanol–water partition coefficient (Wildman–Crippen LogP) is 7.19. The molecule has 32 heavy (non-hydrogen) atoms. The first-order valence-electron chi connectivity index (χ1n) is 10.9. The molecule has 0 atom stereocenters. The summed E-state index contributed by atoms with van der Waals surface area (Å²) >= 11 is 0. The van der Waals surface area contributed by atoms with Crippen molar-refractivity contribution in [3.8, 4) is 22.5 Å². The van der Waals surface area contributed by atoms with E-state index in [0.29, 0.717) is 11.0 Å². The van der Waals surface area contributed by atoms with Gasteiger partial charge in [0.2, 0.25) is 11.2 Å². The van der Waals surface area contributed by atoms with Gasteiger partial charge in [-0.05, 0) is 17.0 Å². The van der Waals surface area contributed by atoms with Crippen LogP contribution in [0.25, 0.3) is 33.5 Å². The second-order valence-electron chi connectivity index (χ2n) is 10.2. The van der Waals surface area contributed by atoms with Crippen molar-refractivity contribution < 1.29 is 13.3 Å². The van der Waals surface area contributed by atoms with Gasteiger partial charge in [-0.2, -0.15) is 4.57 Å². The topological polar surface area (TPSA) is 16.8 Å². The van der Waals surface area contributed by atoms with Crippen LogP contribution in [0.3, 0.4) is 0 Å². The molecule has 0 amide bonds. The molecule has 0 saturated carbocycles. The number of benzene rings is 3. The van der Waals surface area contributed by atoms with Crippen molar-refractivity contribution in [1.82, 2.24) is 4.98 Å². The van der Waals surface area contributed by atoms with Crippen molar-refractivity contribution in [2.75, 3.05) is 0 Å². The molecule has 0 aliphatic carbocycles. The molecule has 0 bridgehead atoms. The highest BCUT2D eigenvalue weighted by Gasteiger charge is 2.36. The molecule has 4 heteroatoms. The van der Waals surface area contributed by atoms with Crippen LogP contribution in [0.5, 0.6) is 0 Å². The molecule has 2 nitrogen and oxygen atoms in total. The van der Waals surface area contributed by atoms with Gasteiger partial charge in [-0.15, -0.1) is 0 Å². The Morgan fingerprint density at radius 1 is 0.750 bits per heavy atom. The lowest BCUT2D eigenvalue weighted by atomic mass is 9.82. The zero-order valence-electron chi connectivity index (χ0n) is 19.5. The molecule has 0 aliphatic rings. The molecule has 1 heterocycles. The minimum absolute atomic E-state index is 0.122. The fraction of sp³-hybridized carbons (Fsp3) is 0.286. The molecular formula is C28H29F2N2+. The molecular weight excluding hydrogens is 402 g/mol. The third-order valence-electron chi connectivity index (χ3n) is 5.65. The Kier molecular flexibility index (Phi) is 5.36. The molecule has 0 fully saturated rings. The third-order valence-corrected chi connectivity index (χ3v) is 5.65. The Bertz CT molecular complexity index is 1300. The highest BCUT2D eigenvalue weighted by molar-refractivity contribution is 5.84. The minimum Gasteiger partial charge on any atom is -0.234 e. The number of rotatable bonds is 2. The van der Waals surface area contributed by atoms with Crippen LogP contribution in [0.2, 0.25) is 0 Å². The molecule has 1 aromatic heterocycles. The van der Waals surface area contributed by atoms with Crippen LogP contribution >= 0.6 is 0 Å². The van der Waals surface area contributed by atoms with Gasteiger partial charge in [0, 0.05) is 32.4 Å². The zero-order chi connectivity index (χ0) is 23.3. The van der Waals surface area contributed by atoms with Gasteiger partial charge in [-0.1, -0.05) is 69.3 Å². The second kappa shape index (κ2) is 7.77. The summed E-state index contributed by atoms with van der Waals surface area (Å²) in [5.41, 5.74) is 5.22. The van der Waals surface area contributed by atoms with E-state index >= 15 is 0 Å². The van der Waals surface area contributed by atoms with Crippen molar-refractivity contribution in [3.63, 3.8) is 0 Å². The fourth-order valence-corrected chi connectivity index (χ4v) is 4.28. The van der Waals surface area contributed by atoms with Gasteiger partial charge in [-0.3, -0.25) is 0 Å². The van der Waals surface area contributed by atoms with Crippen molar-refractivity contribution in [1.29, 1.82) is 0 Å². The molecule has 0 N–H and O–H groups in total. The molecule has 4 aromatic rings. The molecule has 0 aliphatic heterocycles. The molecule has 4 rings (SSSR count). The summed E-state index contributed by atoms with van der Waals surface area (Å²) in [6.45, 7) is 12.8. The number of fused-ring (bicyclic) bond motifs is 1. The standard InChI is InChI=1S/C28H29F2N2/c1-27(2,3)20-15-11-10-14-19(20)26-25(18-12-8-7-9-13-18)31-23-16-21(29)22(30)17-24(23)32(26)28(4,5)6/h7-17H,1-6H3/q+1. The van der Waals surface area contributed by atoms with E-state index in [9.17, 15) is 8.78 Å². The summed E-state index contributed by atoms with van der Waals surface area (Å²) in [5.74, 6) is -1.77. The van der Waals surface area contributed by atoms with Crippen molar-refractivity contribution in [3.05, 3.63) is 83.9 Å². The number of hydrogen-bond acceptors (Lipinski definition) is 1. The Morgan fingerprint density at radius 3 is 1.97 bits per heavy atom. The van der Waals surface area contributed by atoms with E-state index in [4.69, 9.17) is 4.98 Å². The average Bonchev–Trinajstić information content (AvgIpc) is 2.73. The highest BCUT2D eigenvalue weighted by atomic mass is 19.2. The van der Waals surface area contributed by atoms with Gasteiger partial charge >= 0.3 is 0 Å². The van der Waals surface area contributed by atoms with E-state index in [1.54, 1.807) is 0 Å². The van der Waals surface area contributed by atoms with Gasteiger partial charge in [0.05, 0.1) is 11.6 Å². The summed E-state index contributed by atoms with van der Waals surface area (Å²) in [4.78, 5) is 4.89. The van der Waals surface area contributed by atoms with Crippen LogP contribution in [0, 0.1) is 11.6 Å². The summed E-state index contributed by atoms with van der Waals surface area (Å²) in [7, 11) is 0. The maximum absolute atomic E-state index is 14.4. The quantitative estimate of drug-likeness (QED) is 0.307. The van der Waals surface area contributed by atoms with E-state index in [2.05, 4.69) is 58.2 Å². The largest absolute Gasteiger partial charge is 0.240 e. The average molecular weight is 432 g/mol. The van der Waals surface area contributed by atoms with E-state index in [1.807, 2.05) is 42.5 Å². The Balaban J connectivity index is 2.27. The molecule has 0 unspecified atom stereocenters. The molecule has 3 aromatic carbocycles. The number of halogens is 2. The first-order chi connectivity index (χ1) is 15.0. The lowest BCUT2D eigenvalue weighted by Crippen LogP contribution is -2.53. The van der Waals surface area contributed by atoms with E-state index in [-0.39, 0.29) is 5.41 Å². The lowest BCUT2D eigenvalue weighted by molar-refractivity contribution is -0.720. The van der Waals surface area contributed by atoms with Crippen LogP contribution in [0.4, 0.5) is 8.78 Å². The van der Waals surface area contributed by atoms with Gasteiger partial charge in [0.25, 0.3) is 0 Å². The maximum atomic E-state index is 14.4. The van der Waals surface area contributed by atoms with E-state index < -0.39 is 17.2 Å². The monoisotopic (exact) mass is 431 g/mol. The van der Waals surface area contributed by atoms with Crippen molar-refractivity contribution in [2.45, 2.75) is 52.5 Å². The zero-order valence-corrected chi connectivity index (χ0v) is 19.5. The molecule has 0 saturated heterocycles. The summed E-state index contributed by atoms with van der Waals surface area (Å²) < 4.78 is 30.8. The number of hydrogen-bond donors (Lipinski definition) is 0. The maximum Gasteiger partial charge on any atom is 0.240 e. The van der Waals surface area contributed by atoms with Gasteiger partial charge < -0.3 is 0 Å². The SMILES string of the molecule is CC(C)(C)c1ccccc1-c1c(-c2ccccc2)nc2cc(F)c(F)cc2[n+]1C(C)(C)C. The fourth-order valence-electron chi connectivity index (χ4n) is 4.28. The summed E-state index contributed by atoms with van der Waals surface area (Å²) in [6, 6.07) is 20.6. The highest BCUT2D eigenvalue weighted by Crippen LogP contribution is 2.38. The molecule has 0 spiro atoms. The number of nitrogens with zero attached hydrogens (tertiary/aromatic N) is 2. The van der Waals surface area contributed by atoms with Crippen LogP contribution in [-0.2, 0) is 11.0 Å². The third kappa shape index (κ3) is 3.90.